The van der Waals surface area contributed by atoms with Crippen molar-refractivity contribution in [3.05, 3.63) is 36.0 Å². The van der Waals surface area contributed by atoms with Gasteiger partial charge in [0.2, 0.25) is 0 Å². The Hall–Kier alpha value is -0.820. The Bertz CT molecular complexity index is 185. The van der Waals surface area contributed by atoms with Crippen molar-refractivity contribution in [1.29, 1.82) is 0 Å². The van der Waals surface area contributed by atoms with Crippen molar-refractivity contribution in [3.63, 3.8) is 0 Å². The molecule has 0 radical (unpaired) electrons. The Kier molecular flexibility index (Phi) is 2.46. The van der Waals surface area contributed by atoms with E-state index in [0.717, 1.165) is 6.42 Å². The molecule has 0 fully saturated rings. The lowest BCUT2D eigenvalue weighted by Gasteiger charge is -2.03. The van der Waals surface area contributed by atoms with E-state index in [0.29, 0.717) is 0 Å². The van der Waals surface area contributed by atoms with E-state index in [2.05, 4.69) is 18.2 Å². The van der Waals surface area contributed by atoms with Crippen molar-refractivity contribution in [2.45, 2.75) is 19.4 Å². The third-order valence-corrected chi connectivity index (χ3v) is 1.55. The van der Waals surface area contributed by atoms with Gasteiger partial charge in [-0.1, -0.05) is 30.4 Å². The molecule has 54 valence electrons. The monoisotopic (exact) mass is 135 g/mol. The first-order chi connectivity index (χ1) is 4.80. The van der Waals surface area contributed by atoms with Gasteiger partial charge in [-0.05, 0) is 18.9 Å². The summed E-state index contributed by atoms with van der Waals surface area (Å²) in [6.07, 6.45) is 11.4. The van der Waals surface area contributed by atoms with Gasteiger partial charge in [0.05, 0.1) is 0 Å². The summed E-state index contributed by atoms with van der Waals surface area (Å²) >= 11 is 0. The molecule has 1 aliphatic carbocycles. The maximum Gasteiger partial charge on any atom is 0.0263 e. The second-order valence-corrected chi connectivity index (χ2v) is 2.52. The van der Waals surface area contributed by atoms with E-state index in [1.165, 1.54) is 5.57 Å². The van der Waals surface area contributed by atoms with Gasteiger partial charge in [0.15, 0.2) is 0 Å². The number of hydrogen-bond acceptors (Lipinski definition) is 1. The molecule has 1 unspecified atom stereocenters. The van der Waals surface area contributed by atoms with Crippen LogP contribution in [0.1, 0.15) is 13.3 Å². The van der Waals surface area contributed by atoms with Gasteiger partial charge in [-0.15, -0.1) is 0 Å². The summed E-state index contributed by atoms with van der Waals surface area (Å²) in [6, 6.07) is 0.163. The van der Waals surface area contributed by atoms with Crippen LogP contribution in [0.4, 0.5) is 0 Å². The van der Waals surface area contributed by atoms with Crippen LogP contribution in [0.5, 0.6) is 0 Å². The molecular weight excluding hydrogens is 122 g/mol. The third kappa shape index (κ3) is 1.85. The molecule has 0 aromatic carbocycles. The molecule has 1 nitrogen and oxygen atoms in total. The van der Waals surface area contributed by atoms with Gasteiger partial charge in [0, 0.05) is 6.04 Å². The summed E-state index contributed by atoms with van der Waals surface area (Å²) in [5.41, 5.74) is 6.92. The number of nitrogens with two attached hydrogens (primary N) is 1. The Morgan fingerprint density at radius 3 is 3.00 bits per heavy atom. The molecule has 0 heterocycles. The first-order valence-corrected chi connectivity index (χ1v) is 3.59. The lowest BCUT2D eigenvalue weighted by Crippen LogP contribution is -2.16. The summed E-state index contributed by atoms with van der Waals surface area (Å²) in [4.78, 5) is 0. The SMILES string of the molecule is CC(N)C1=CCC=CC=C1. The first-order valence-electron chi connectivity index (χ1n) is 3.59. The van der Waals surface area contributed by atoms with Crippen LogP contribution in [-0.4, -0.2) is 6.04 Å². The van der Waals surface area contributed by atoms with E-state index >= 15 is 0 Å². The van der Waals surface area contributed by atoms with Crippen LogP contribution in [0, 0.1) is 0 Å². The van der Waals surface area contributed by atoms with Crippen LogP contribution < -0.4 is 5.73 Å². The Morgan fingerprint density at radius 1 is 1.50 bits per heavy atom. The zero-order chi connectivity index (χ0) is 7.40. The molecule has 1 atom stereocenters. The van der Waals surface area contributed by atoms with Crippen LogP contribution >= 0.6 is 0 Å². The smallest absolute Gasteiger partial charge is 0.0263 e. The quantitative estimate of drug-likeness (QED) is 0.582. The molecule has 0 amide bonds. The predicted octanol–water partition coefficient (Wildman–Crippen LogP) is 1.78. The minimum Gasteiger partial charge on any atom is -0.324 e. The number of hydrogen-bond donors (Lipinski definition) is 1. The lowest BCUT2D eigenvalue weighted by atomic mass is 10.1. The summed E-state index contributed by atoms with van der Waals surface area (Å²) in [5, 5.41) is 0. The van der Waals surface area contributed by atoms with Crippen LogP contribution in [0.15, 0.2) is 36.0 Å². The average molecular weight is 135 g/mol. The van der Waals surface area contributed by atoms with Gasteiger partial charge in [-0.25, -0.2) is 0 Å². The zero-order valence-corrected chi connectivity index (χ0v) is 6.25. The fraction of sp³-hybridized carbons (Fsp3) is 0.333. The fourth-order valence-corrected chi connectivity index (χ4v) is 0.934. The van der Waals surface area contributed by atoms with E-state index in [1.807, 2.05) is 19.1 Å². The molecule has 0 aliphatic heterocycles. The molecule has 0 aromatic heterocycles. The summed E-state index contributed by atoms with van der Waals surface area (Å²) in [7, 11) is 0. The molecular formula is C9H13N. The molecule has 1 aliphatic rings. The second-order valence-electron chi connectivity index (χ2n) is 2.52. The van der Waals surface area contributed by atoms with E-state index in [9.17, 15) is 0 Å². The summed E-state index contributed by atoms with van der Waals surface area (Å²) in [5.74, 6) is 0. The molecule has 1 heteroatoms. The molecule has 0 spiro atoms. The summed E-state index contributed by atoms with van der Waals surface area (Å²) in [6.45, 7) is 2.00. The second kappa shape index (κ2) is 3.37. The van der Waals surface area contributed by atoms with Crippen LogP contribution in [-0.2, 0) is 0 Å². The van der Waals surface area contributed by atoms with E-state index in [1.54, 1.807) is 0 Å². The fourth-order valence-electron chi connectivity index (χ4n) is 0.934. The topological polar surface area (TPSA) is 26.0 Å². The van der Waals surface area contributed by atoms with Gasteiger partial charge < -0.3 is 5.73 Å². The molecule has 2 N–H and O–H groups in total. The number of allylic oxidation sites excluding steroid dienone is 4. The van der Waals surface area contributed by atoms with Crippen molar-refractivity contribution < 1.29 is 0 Å². The van der Waals surface area contributed by atoms with Crippen LogP contribution in [0.25, 0.3) is 0 Å². The van der Waals surface area contributed by atoms with Gasteiger partial charge in [-0.3, -0.25) is 0 Å². The van der Waals surface area contributed by atoms with E-state index in [-0.39, 0.29) is 6.04 Å². The highest BCUT2D eigenvalue weighted by atomic mass is 14.6. The molecule has 10 heavy (non-hydrogen) atoms. The molecule has 0 saturated heterocycles. The highest BCUT2D eigenvalue weighted by molar-refractivity contribution is 5.29. The Balaban J connectivity index is 2.69. The largest absolute Gasteiger partial charge is 0.324 e. The third-order valence-electron chi connectivity index (χ3n) is 1.55. The van der Waals surface area contributed by atoms with Gasteiger partial charge in [0.1, 0.15) is 0 Å². The highest BCUT2D eigenvalue weighted by Crippen LogP contribution is 2.07. The highest BCUT2D eigenvalue weighted by Gasteiger charge is 1.97. The van der Waals surface area contributed by atoms with Gasteiger partial charge in [0.25, 0.3) is 0 Å². The standard InChI is InChI=1S/C9H13N/c1-8(10)9-6-4-2-3-5-7-9/h2-4,6-8H,5,10H2,1H3. The van der Waals surface area contributed by atoms with Crippen molar-refractivity contribution in [2.75, 3.05) is 0 Å². The maximum atomic E-state index is 5.69. The first kappa shape index (κ1) is 7.29. The van der Waals surface area contributed by atoms with Crippen LogP contribution in [0.2, 0.25) is 0 Å². The molecule has 0 aromatic rings. The average Bonchev–Trinajstić information content (AvgIpc) is 2.12. The van der Waals surface area contributed by atoms with Crippen LogP contribution in [0.3, 0.4) is 0 Å². The van der Waals surface area contributed by atoms with E-state index < -0.39 is 0 Å². The van der Waals surface area contributed by atoms with E-state index in [4.69, 9.17) is 5.73 Å². The summed E-state index contributed by atoms with van der Waals surface area (Å²) < 4.78 is 0. The lowest BCUT2D eigenvalue weighted by molar-refractivity contribution is 0.880. The molecule has 0 bridgehead atoms. The minimum atomic E-state index is 0.163. The zero-order valence-electron chi connectivity index (χ0n) is 6.25. The van der Waals surface area contributed by atoms with Crippen molar-refractivity contribution in [2.24, 2.45) is 5.73 Å². The Labute approximate surface area is 61.9 Å². The Morgan fingerprint density at radius 2 is 2.30 bits per heavy atom. The van der Waals surface area contributed by atoms with Crippen molar-refractivity contribution >= 4 is 0 Å². The maximum absolute atomic E-state index is 5.69. The van der Waals surface area contributed by atoms with Gasteiger partial charge >= 0.3 is 0 Å². The number of rotatable bonds is 1. The minimum absolute atomic E-state index is 0.163. The van der Waals surface area contributed by atoms with Gasteiger partial charge in [-0.2, -0.15) is 0 Å². The predicted molar refractivity (Wildman–Crippen MR) is 44.6 cm³/mol. The van der Waals surface area contributed by atoms with Crippen molar-refractivity contribution in [1.82, 2.24) is 0 Å². The molecule has 1 rings (SSSR count). The molecule has 0 saturated carbocycles. The van der Waals surface area contributed by atoms with Crippen molar-refractivity contribution in [3.8, 4) is 0 Å². The normalized spacial score (nSPS) is 20.0.